The zero-order valence-electron chi connectivity index (χ0n) is 20.4. The first-order valence-corrected chi connectivity index (χ1v) is 12.1. The number of nitrogen functional groups attached to an aromatic ring is 1. The monoisotopic (exact) mass is 508 g/mol. The number of anilines is 2. The van der Waals surface area contributed by atoms with Crippen molar-refractivity contribution >= 4 is 35.2 Å². The average Bonchev–Trinajstić information content (AvgIpc) is 3.55. The molecule has 188 valence electrons. The molecule has 0 saturated heterocycles. The Hall–Kier alpha value is -3.82. The lowest BCUT2D eigenvalue weighted by Crippen LogP contribution is -2.19. The van der Waals surface area contributed by atoms with Gasteiger partial charge in [0.05, 0.1) is 18.1 Å². The molecule has 7 nitrogen and oxygen atoms in total. The molecule has 0 aliphatic carbocycles. The average molecular weight is 509 g/mol. The van der Waals surface area contributed by atoms with E-state index in [1.807, 2.05) is 25.2 Å². The van der Waals surface area contributed by atoms with E-state index in [-0.39, 0.29) is 5.82 Å². The summed E-state index contributed by atoms with van der Waals surface area (Å²) >= 11 is 1.33. The summed E-state index contributed by atoms with van der Waals surface area (Å²) in [7, 11) is 1.87. The van der Waals surface area contributed by atoms with Crippen molar-refractivity contribution < 1.29 is 18.7 Å². The van der Waals surface area contributed by atoms with Gasteiger partial charge in [0.1, 0.15) is 16.5 Å². The number of carbonyl (C=O) groups is 1. The van der Waals surface area contributed by atoms with E-state index < -0.39 is 5.60 Å². The lowest BCUT2D eigenvalue weighted by molar-refractivity contribution is 0.0739. The molecule has 4 rings (SSSR count). The van der Waals surface area contributed by atoms with Gasteiger partial charge in [0.2, 0.25) is 0 Å². The Morgan fingerprint density at radius 1 is 1.25 bits per heavy atom. The van der Waals surface area contributed by atoms with Gasteiger partial charge < -0.3 is 20.6 Å². The molecular weight excluding hydrogens is 479 g/mol. The first kappa shape index (κ1) is 26.8. The number of thiazole rings is 1. The van der Waals surface area contributed by atoms with Crippen LogP contribution in [0.15, 0.2) is 69.8 Å². The second kappa shape index (κ2) is 12.2. The highest BCUT2D eigenvalue weighted by molar-refractivity contribution is 7.13. The summed E-state index contributed by atoms with van der Waals surface area (Å²) in [6, 6.07) is 11.9. The van der Waals surface area contributed by atoms with Crippen LogP contribution < -0.4 is 11.1 Å². The van der Waals surface area contributed by atoms with E-state index in [2.05, 4.69) is 15.3 Å². The molecule has 9 heteroatoms. The van der Waals surface area contributed by atoms with Crippen LogP contribution in [0.4, 0.5) is 15.8 Å². The molecule has 0 fully saturated rings. The van der Waals surface area contributed by atoms with Gasteiger partial charge in [-0.3, -0.25) is 9.79 Å². The van der Waals surface area contributed by atoms with Crippen molar-refractivity contribution in [2.24, 2.45) is 4.99 Å². The van der Waals surface area contributed by atoms with Gasteiger partial charge in [-0.25, -0.2) is 9.37 Å². The second-order valence-corrected chi connectivity index (χ2v) is 9.45. The third-order valence-electron chi connectivity index (χ3n) is 5.12. The smallest absolute Gasteiger partial charge is 0.169 e. The summed E-state index contributed by atoms with van der Waals surface area (Å²) in [6.45, 7) is 4.10. The van der Waals surface area contributed by atoms with Crippen LogP contribution in [0.5, 0.6) is 0 Å². The van der Waals surface area contributed by atoms with Crippen molar-refractivity contribution in [2.75, 3.05) is 24.6 Å². The molecule has 4 aromatic rings. The number of carbonyl (C=O) groups excluding carboxylic acids is 1. The maximum atomic E-state index is 12.8. The third kappa shape index (κ3) is 7.59. The number of aromatic nitrogens is 1. The fourth-order valence-corrected chi connectivity index (χ4v) is 3.97. The Morgan fingerprint density at radius 3 is 2.67 bits per heavy atom. The molecule has 0 atom stereocenters. The van der Waals surface area contributed by atoms with E-state index in [0.29, 0.717) is 41.2 Å². The summed E-state index contributed by atoms with van der Waals surface area (Å²) in [5.74, 6) is -0.301. The standard InChI is InChI=1S/C17H23N3O2.C10H6FNOS/c1-17(2,21)5-6-20-10-13-8-16(19-3)14(9-15(13)18)12-4-7-22-11-12;11-8-3-1-2-7(4-8)10-12-9(5-13)6-14-10/h4,7-11,19,21H,5-6,18H2,1-3H3;1-6H. The van der Waals surface area contributed by atoms with Crippen LogP contribution in [0.25, 0.3) is 21.7 Å². The zero-order chi connectivity index (χ0) is 26.1. The molecule has 0 unspecified atom stereocenters. The normalized spacial score (nSPS) is 11.2. The second-order valence-electron chi connectivity index (χ2n) is 8.59. The molecule has 36 heavy (non-hydrogen) atoms. The molecule has 4 N–H and O–H groups in total. The molecule has 0 aliphatic heterocycles. The summed E-state index contributed by atoms with van der Waals surface area (Å²) in [5.41, 5.74) is 10.9. The number of aldehydes is 1. The number of aliphatic imine (C=N–C) groups is 1. The first-order valence-electron chi connectivity index (χ1n) is 11.2. The van der Waals surface area contributed by atoms with Gasteiger partial charge in [-0.1, -0.05) is 12.1 Å². The Bertz CT molecular complexity index is 1310. The van der Waals surface area contributed by atoms with E-state index in [1.54, 1.807) is 50.1 Å². The number of nitrogens with one attached hydrogen (secondary N) is 1. The van der Waals surface area contributed by atoms with Crippen LogP contribution in [-0.2, 0) is 0 Å². The number of benzene rings is 2. The van der Waals surface area contributed by atoms with Gasteiger partial charge >= 0.3 is 0 Å². The number of nitrogens with two attached hydrogens (primary N) is 1. The maximum Gasteiger partial charge on any atom is 0.169 e. The minimum atomic E-state index is -0.704. The Morgan fingerprint density at radius 2 is 2.06 bits per heavy atom. The quantitative estimate of drug-likeness (QED) is 0.155. The molecule has 0 amide bonds. The van der Waals surface area contributed by atoms with Crippen LogP contribution in [0.1, 0.15) is 36.3 Å². The number of rotatable bonds is 8. The lowest BCUT2D eigenvalue weighted by atomic mass is 10.0. The summed E-state index contributed by atoms with van der Waals surface area (Å²) in [4.78, 5) is 18.8. The largest absolute Gasteiger partial charge is 0.472 e. The van der Waals surface area contributed by atoms with E-state index in [4.69, 9.17) is 10.2 Å². The van der Waals surface area contributed by atoms with Crippen molar-refractivity contribution in [1.82, 2.24) is 4.98 Å². The lowest BCUT2D eigenvalue weighted by Gasteiger charge is -2.14. The number of halogens is 1. The van der Waals surface area contributed by atoms with Gasteiger partial charge in [0.15, 0.2) is 6.29 Å². The Balaban J connectivity index is 0.000000221. The highest BCUT2D eigenvalue weighted by atomic mass is 32.1. The van der Waals surface area contributed by atoms with E-state index >= 15 is 0 Å². The number of aliphatic hydroxyl groups is 1. The number of furan rings is 1. The number of hydrogen-bond acceptors (Lipinski definition) is 8. The molecule has 0 saturated carbocycles. The molecule has 0 aliphatic rings. The topological polar surface area (TPSA) is 114 Å². The van der Waals surface area contributed by atoms with Gasteiger partial charge in [0.25, 0.3) is 0 Å². The van der Waals surface area contributed by atoms with Gasteiger partial charge in [-0.15, -0.1) is 11.3 Å². The fraction of sp³-hybridized carbons (Fsp3) is 0.222. The first-order chi connectivity index (χ1) is 17.2. The van der Waals surface area contributed by atoms with Crippen molar-refractivity contribution in [3.63, 3.8) is 0 Å². The zero-order valence-corrected chi connectivity index (χ0v) is 21.2. The van der Waals surface area contributed by atoms with Gasteiger partial charge in [-0.2, -0.15) is 0 Å². The van der Waals surface area contributed by atoms with Gasteiger partial charge in [-0.05, 0) is 50.6 Å². The van der Waals surface area contributed by atoms with E-state index in [9.17, 15) is 14.3 Å². The Kier molecular flexibility index (Phi) is 9.10. The minimum absolute atomic E-state index is 0.301. The molecule has 2 aromatic heterocycles. The number of nitrogens with zero attached hydrogens (tertiary/aromatic N) is 2. The van der Waals surface area contributed by atoms with Crippen molar-refractivity contribution in [1.29, 1.82) is 0 Å². The molecule has 0 bridgehead atoms. The third-order valence-corrected chi connectivity index (χ3v) is 6.03. The predicted octanol–water partition coefficient (Wildman–Crippen LogP) is 5.91. The fourth-order valence-electron chi connectivity index (χ4n) is 3.20. The highest BCUT2D eigenvalue weighted by Gasteiger charge is 2.12. The van der Waals surface area contributed by atoms with Crippen LogP contribution in [0, 0.1) is 5.82 Å². The Labute approximate surface area is 213 Å². The number of hydrogen-bond donors (Lipinski definition) is 3. The van der Waals surface area contributed by atoms with Gasteiger partial charge in [0, 0.05) is 58.8 Å². The van der Waals surface area contributed by atoms with Crippen LogP contribution >= 0.6 is 11.3 Å². The summed E-state index contributed by atoms with van der Waals surface area (Å²) in [5, 5.41) is 15.1. The molecule has 2 aromatic carbocycles. The summed E-state index contributed by atoms with van der Waals surface area (Å²) < 4.78 is 18.0. The minimum Gasteiger partial charge on any atom is -0.472 e. The van der Waals surface area contributed by atoms with Crippen LogP contribution in [0.2, 0.25) is 0 Å². The molecule has 0 radical (unpaired) electrons. The molecule has 0 spiro atoms. The van der Waals surface area contributed by atoms with Crippen molar-refractivity contribution in [3.8, 4) is 21.7 Å². The van der Waals surface area contributed by atoms with Crippen molar-refractivity contribution in [2.45, 2.75) is 25.9 Å². The molecular formula is C27H29FN4O3S. The maximum absolute atomic E-state index is 12.8. The van der Waals surface area contributed by atoms with E-state index in [1.165, 1.54) is 23.5 Å². The molecule has 2 heterocycles. The summed E-state index contributed by atoms with van der Waals surface area (Å²) in [6.07, 6.45) is 6.36. The SMILES string of the molecule is CNc1cc(C=NCCC(C)(C)O)c(N)cc1-c1ccoc1.O=Cc1csc(-c2cccc(F)c2)n1. The predicted molar refractivity (Wildman–Crippen MR) is 144 cm³/mol. The van der Waals surface area contributed by atoms with Crippen molar-refractivity contribution in [3.05, 3.63) is 77.4 Å². The highest BCUT2D eigenvalue weighted by Crippen LogP contribution is 2.32. The van der Waals surface area contributed by atoms with Crippen LogP contribution in [0.3, 0.4) is 0 Å². The van der Waals surface area contributed by atoms with Crippen LogP contribution in [-0.4, -0.2) is 41.8 Å². The van der Waals surface area contributed by atoms with E-state index in [0.717, 1.165) is 22.4 Å².